The van der Waals surface area contributed by atoms with E-state index in [1.807, 2.05) is 0 Å². The second-order valence-electron chi connectivity index (χ2n) is 4.55. The molecule has 2 heterocycles. The molecule has 2 rings (SSSR count). The van der Waals surface area contributed by atoms with E-state index in [2.05, 4.69) is 16.2 Å². The van der Waals surface area contributed by atoms with Crippen LogP contribution < -0.4 is 5.69 Å². The summed E-state index contributed by atoms with van der Waals surface area (Å²) in [5.74, 6) is 0. The fourth-order valence-corrected chi connectivity index (χ4v) is 2.61. The van der Waals surface area contributed by atoms with Crippen LogP contribution in [0.4, 0.5) is 0 Å². The van der Waals surface area contributed by atoms with Crippen LogP contribution in [-0.4, -0.2) is 55.1 Å². The van der Waals surface area contributed by atoms with E-state index in [0.29, 0.717) is 0 Å². The molecule has 1 aromatic rings. The molecule has 0 aliphatic carbocycles. The van der Waals surface area contributed by atoms with Crippen LogP contribution in [0.2, 0.25) is 0 Å². The molecule has 0 amide bonds. The van der Waals surface area contributed by atoms with E-state index in [0.717, 1.165) is 4.57 Å². The van der Waals surface area contributed by atoms with Gasteiger partial charge < -0.3 is 14.9 Å². The highest BCUT2D eigenvalue weighted by atomic mass is 32.8. The highest BCUT2D eigenvalue weighted by Gasteiger charge is 2.44. The Morgan fingerprint density at radius 1 is 1.52 bits per heavy atom. The fraction of sp³-hybridized carbons (Fsp3) is 0.600. The van der Waals surface area contributed by atoms with Crippen LogP contribution in [0.1, 0.15) is 6.23 Å². The Morgan fingerprint density at radius 3 is 2.76 bits per heavy atom. The molecular formula is C10H14N2O6S3. The van der Waals surface area contributed by atoms with Crippen molar-refractivity contribution in [3.05, 3.63) is 27.4 Å². The van der Waals surface area contributed by atoms with Gasteiger partial charge in [0.15, 0.2) is 6.23 Å². The van der Waals surface area contributed by atoms with Gasteiger partial charge in [0, 0.05) is 23.6 Å². The topological polar surface area (TPSA) is 114 Å². The summed E-state index contributed by atoms with van der Waals surface area (Å²) in [6.45, 7) is -0.259. The molecule has 11 heteroatoms. The van der Waals surface area contributed by atoms with Crippen LogP contribution in [0, 0.1) is 4.64 Å². The van der Waals surface area contributed by atoms with Crippen molar-refractivity contribution in [2.75, 3.05) is 12.9 Å². The molecule has 3 N–H and O–H groups in total. The third-order valence-electron chi connectivity index (χ3n) is 2.91. The molecule has 1 saturated heterocycles. The van der Waals surface area contributed by atoms with Crippen molar-refractivity contribution in [2.24, 2.45) is 0 Å². The molecule has 5 atom stereocenters. The molecule has 1 fully saturated rings. The number of rotatable bonds is 4. The monoisotopic (exact) mass is 354 g/mol. The van der Waals surface area contributed by atoms with E-state index in [4.69, 9.17) is 21.1 Å². The van der Waals surface area contributed by atoms with Gasteiger partial charge in [0.1, 0.15) is 31.7 Å². The maximum absolute atomic E-state index is 11.8. The van der Waals surface area contributed by atoms with Crippen molar-refractivity contribution in [3.63, 3.8) is 0 Å². The van der Waals surface area contributed by atoms with Gasteiger partial charge in [0.05, 0.1) is 6.61 Å². The van der Waals surface area contributed by atoms with Gasteiger partial charge in [-0.15, -0.1) is 0 Å². The third-order valence-corrected chi connectivity index (χ3v) is 4.00. The summed E-state index contributed by atoms with van der Waals surface area (Å²) < 4.78 is 22.9. The van der Waals surface area contributed by atoms with Gasteiger partial charge in [-0.1, -0.05) is 12.2 Å². The van der Waals surface area contributed by atoms with Crippen molar-refractivity contribution in [1.82, 2.24) is 9.55 Å². The summed E-state index contributed by atoms with van der Waals surface area (Å²) in [6, 6.07) is 1.45. The number of ether oxygens (including phenoxy) is 1. The quantitative estimate of drug-likeness (QED) is 0.580. The van der Waals surface area contributed by atoms with Gasteiger partial charge in [-0.05, 0) is 6.07 Å². The lowest BCUT2D eigenvalue weighted by atomic mass is 10.1. The van der Waals surface area contributed by atoms with Gasteiger partial charge in [-0.2, -0.15) is 0 Å². The summed E-state index contributed by atoms with van der Waals surface area (Å²) in [6.07, 6.45) is -2.14. The van der Waals surface area contributed by atoms with Crippen LogP contribution >= 0.6 is 12.2 Å². The molecule has 1 aromatic heterocycles. The van der Waals surface area contributed by atoms with E-state index >= 15 is 0 Å². The molecule has 1 aliphatic heterocycles. The normalized spacial score (nSPS) is 32.0. The minimum Gasteiger partial charge on any atom is -0.387 e. The minimum absolute atomic E-state index is 0.237. The van der Waals surface area contributed by atoms with Crippen molar-refractivity contribution < 1.29 is 23.3 Å². The Hall–Kier alpha value is -0.690. The Labute approximate surface area is 130 Å². The van der Waals surface area contributed by atoms with Gasteiger partial charge in [0.25, 0.3) is 0 Å². The molecule has 1 unspecified atom stereocenters. The van der Waals surface area contributed by atoms with Crippen molar-refractivity contribution in [1.29, 1.82) is 0 Å². The molecule has 0 aromatic carbocycles. The highest BCUT2D eigenvalue weighted by molar-refractivity contribution is 8.29. The minimum atomic E-state index is -2.88. The first-order valence-corrected chi connectivity index (χ1v) is 9.09. The lowest BCUT2D eigenvalue weighted by Crippen LogP contribution is -2.36. The summed E-state index contributed by atoms with van der Waals surface area (Å²) in [4.78, 5) is 14.2. The summed E-state index contributed by atoms with van der Waals surface area (Å²) in [5.41, 5.74) is -0.581. The Bertz CT molecular complexity index is 727. The van der Waals surface area contributed by atoms with Gasteiger partial charge in [-0.3, -0.25) is 13.7 Å². The lowest BCUT2D eigenvalue weighted by molar-refractivity contribution is -0.0502. The second kappa shape index (κ2) is 6.20. The molecular weight excluding hydrogens is 340 g/mol. The average molecular weight is 354 g/mol. The standard InChI is InChI=1S/C10H14N2O6S3/c1-21(16,20)17-4-5-7(13)8(14)9(18-5)12-3-2-6(19)11-10(12)15/h2-3,5,7-9,13-14H,4H2,1H3,(H,11,15,19)/t5-,7-,8-,9-,21?/m1/s1. The number of hydrogen-bond acceptors (Lipinski definition) is 8. The van der Waals surface area contributed by atoms with Crippen LogP contribution in [0.25, 0.3) is 0 Å². The number of aromatic nitrogens is 2. The number of nitrogens with zero attached hydrogens (tertiary/aromatic N) is 1. The van der Waals surface area contributed by atoms with E-state index in [1.165, 1.54) is 18.5 Å². The van der Waals surface area contributed by atoms with Crippen molar-refractivity contribution in [2.45, 2.75) is 24.5 Å². The summed E-state index contributed by atoms with van der Waals surface area (Å²) >= 11 is 9.39. The van der Waals surface area contributed by atoms with Crippen LogP contribution in [0.3, 0.4) is 0 Å². The predicted octanol–water partition coefficient (Wildman–Crippen LogP) is -1.17. The SMILES string of the molecule is CS(=O)(=S)OC[C@H]1O[C@@H](n2ccc(=S)[nH]c2=O)[C@H](O)[C@@H]1O. The molecule has 0 saturated carbocycles. The number of H-pyrrole nitrogens is 1. The highest BCUT2D eigenvalue weighted by Crippen LogP contribution is 2.28. The Morgan fingerprint density at radius 2 is 2.19 bits per heavy atom. The molecule has 0 spiro atoms. The zero-order valence-electron chi connectivity index (χ0n) is 10.9. The number of nitrogens with one attached hydrogen (secondary N) is 1. The number of aliphatic hydroxyl groups excluding tert-OH is 2. The molecule has 0 radical (unpaired) electrons. The summed E-state index contributed by atoms with van der Waals surface area (Å²) in [7, 11) is -2.88. The average Bonchev–Trinajstić information content (AvgIpc) is 2.64. The maximum Gasteiger partial charge on any atom is 0.328 e. The summed E-state index contributed by atoms with van der Waals surface area (Å²) in [5, 5.41) is 19.9. The second-order valence-corrected chi connectivity index (χ2v) is 8.45. The molecule has 0 bridgehead atoms. The van der Waals surface area contributed by atoms with Crippen LogP contribution in [0.5, 0.6) is 0 Å². The van der Waals surface area contributed by atoms with Crippen molar-refractivity contribution >= 4 is 32.2 Å². The van der Waals surface area contributed by atoms with Crippen molar-refractivity contribution in [3.8, 4) is 0 Å². The predicted molar refractivity (Wildman–Crippen MR) is 79.2 cm³/mol. The van der Waals surface area contributed by atoms with Crippen LogP contribution in [-0.2, 0) is 28.9 Å². The molecule has 1 aliphatic rings. The largest absolute Gasteiger partial charge is 0.387 e. The Kier molecular flexibility index (Phi) is 4.92. The van der Waals surface area contributed by atoms with Crippen LogP contribution in [0.15, 0.2) is 17.1 Å². The first kappa shape index (κ1) is 16.7. The Balaban J connectivity index is 2.19. The molecule has 118 valence electrons. The molecule has 21 heavy (non-hydrogen) atoms. The number of aromatic amines is 1. The first-order chi connectivity index (χ1) is 9.69. The first-order valence-electron chi connectivity index (χ1n) is 5.86. The molecule has 8 nitrogen and oxygen atoms in total. The zero-order chi connectivity index (χ0) is 15.8. The van der Waals surface area contributed by atoms with E-state index in [1.54, 1.807) is 0 Å². The fourth-order valence-electron chi connectivity index (χ4n) is 1.92. The zero-order valence-corrected chi connectivity index (χ0v) is 13.3. The van der Waals surface area contributed by atoms with Gasteiger partial charge in [-0.25, -0.2) is 9.00 Å². The number of aliphatic hydroxyl groups is 2. The smallest absolute Gasteiger partial charge is 0.328 e. The van der Waals surface area contributed by atoms with E-state index in [-0.39, 0.29) is 11.2 Å². The van der Waals surface area contributed by atoms with E-state index in [9.17, 15) is 19.2 Å². The number of hydrogen-bond donors (Lipinski definition) is 3. The lowest BCUT2D eigenvalue weighted by Gasteiger charge is -2.16. The van der Waals surface area contributed by atoms with Gasteiger partial charge in [0.2, 0.25) is 0 Å². The maximum atomic E-state index is 11.8. The van der Waals surface area contributed by atoms with Gasteiger partial charge >= 0.3 is 5.69 Å². The van der Waals surface area contributed by atoms with E-state index < -0.39 is 39.0 Å². The third kappa shape index (κ3) is 3.94.